The van der Waals surface area contributed by atoms with Crippen molar-refractivity contribution in [1.82, 2.24) is 0 Å². The molecule has 0 aliphatic heterocycles. The Morgan fingerprint density at radius 2 is 1.58 bits per heavy atom. The number of hydrogen-bond donors (Lipinski definition) is 0. The fraction of sp³-hybridized carbons (Fsp3) is 0.667. The van der Waals surface area contributed by atoms with Crippen LogP contribution < -0.4 is 0 Å². The molecule has 0 spiro atoms. The molecule has 0 N–H and O–H groups in total. The highest BCUT2D eigenvalue weighted by Crippen LogP contribution is 1.81. The van der Waals surface area contributed by atoms with E-state index in [0.29, 0.717) is 19.1 Å². The zero-order valence-corrected chi connectivity index (χ0v) is 7.92. The molecular weight excluding hydrogens is 156 g/mol. The molecule has 0 amide bonds. The van der Waals surface area contributed by atoms with E-state index in [1.165, 1.54) is 0 Å². The second kappa shape index (κ2) is 10.0. The van der Waals surface area contributed by atoms with Crippen molar-refractivity contribution in [2.45, 2.75) is 40.0 Å². The molecule has 3 nitrogen and oxygen atoms in total. The summed E-state index contributed by atoms with van der Waals surface area (Å²) in [4.78, 5) is 29.5. The first kappa shape index (κ1) is 13.6. The van der Waals surface area contributed by atoms with Crippen LogP contribution in [0.5, 0.6) is 0 Å². The summed E-state index contributed by atoms with van der Waals surface area (Å²) >= 11 is 0. The second-order valence-electron chi connectivity index (χ2n) is 2.32. The molecule has 0 radical (unpaired) electrons. The summed E-state index contributed by atoms with van der Waals surface area (Å²) in [6, 6.07) is 0. The van der Waals surface area contributed by atoms with Crippen molar-refractivity contribution in [3.05, 3.63) is 0 Å². The number of ketones is 2. The van der Waals surface area contributed by atoms with E-state index >= 15 is 0 Å². The lowest BCUT2D eigenvalue weighted by atomic mass is 10.2. The Hall–Kier alpha value is -0.990. The van der Waals surface area contributed by atoms with Crippen LogP contribution in [0.4, 0.5) is 0 Å². The Kier molecular flexibility index (Phi) is 11.3. The molecule has 0 saturated heterocycles. The third-order valence-corrected chi connectivity index (χ3v) is 1.20. The van der Waals surface area contributed by atoms with Crippen molar-refractivity contribution in [3.63, 3.8) is 0 Å². The molecule has 0 unspecified atom stereocenters. The lowest BCUT2D eigenvalue weighted by Gasteiger charge is -1.80. The van der Waals surface area contributed by atoms with E-state index in [1.54, 1.807) is 13.8 Å². The predicted molar refractivity (Wildman–Crippen MR) is 47.0 cm³/mol. The molecule has 0 aliphatic rings. The summed E-state index contributed by atoms with van der Waals surface area (Å²) in [5.74, 6) is 0.264. The maximum Gasteiger partial charge on any atom is 0.139 e. The zero-order valence-electron chi connectivity index (χ0n) is 7.92. The minimum atomic E-state index is 0.00926. The molecule has 0 aromatic heterocycles. The zero-order chi connectivity index (χ0) is 9.98. The summed E-state index contributed by atoms with van der Waals surface area (Å²) in [5.41, 5.74) is 0. The van der Waals surface area contributed by atoms with Crippen molar-refractivity contribution in [2.24, 2.45) is 0 Å². The molecule has 0 saturated carbocycles. The molecule has 0 heterocycles. The van der Waals surface area contributed by atoms with E-state index in [1.807, 2.05) is 6.92 Å². The molecule has 70 valence electrons. The minimum absolute atomic E-state index is 0.00926. The Bertz CT molecular complexity index is 150. The molecule has 0 aliphatic carbocycles. The fourth-order valence-electron chi connectivity index (χ4n) is 0.237. The van der Waals surface area contributed by atoms with Gasteiger partial charge in [-0.2, -0.15) is 0 Å². The van der Waals surface area contributed by atoms with Gasteiger partial charge >= 0.3 is 0 Å². The number of carbonyl (C=O) groups is 3. The average molecular weight is 172 g/mol. The van der Waals surface area contributed by atoms with Crippen LogP contribution in [-0.2, 0) is 14.4 Å². The molecule has 0 atom stereocenters. The smallest absolute Gasteiger partial charge is 0.139 e. The van der Waals surface area contributed by atoms with Gasteiger partial charge in [0.15, 0.2) is 0 Å². The van der Waals surface area contributed by atoms with Crippen LogP contribution >= 0.6 is 0 Å². The van der Waals surface area contributed by atoms with Gasteiger partial charge in [0.25, 0.3) is 0 Å². The van der Waals surface area contributed by atoms with Crippen LogP contribution in [0, 0.1) is 0 Å². The van der Waals surface area contributed by atoms with Gasteiger partial charge in [0.05, 0.1) is 6.42 Å². The maximum atomic E-state index is 10.2. The molecule has 12 heavy (non-hydrogen) atoms. The number of aldehydes is 1. The van der Waals surface area contributed by atoms with Crippen LogP contribution in [0.2, 0.25) is 0 Å². The molecule has 3 heteroatoms. The second-order valence-corrected chi connectivity index (χ2v) is 2.32. The Balaban J connectivity index is 0. The van der Waals surface area contributed by atoms with Crippen LogP contribution in [0.25, 0.3) is 0 Å². The average Bonchev–Trinajstić information content (AvgIpc) is 2.06. The van der Waals surface area contributed by atoms with E-state index < -0.39 is 0 Å². The van der Waals surface area contributed by atoms with Gasteiger partial charge in [-0.05, 0) is 6.92 Å². The van der Waals surface area contributed by atoms with E-state index in [4.69, 9.17) is 0 Å². The van der Waals surface area contributed by atoms with Gasteiger partial charge in [-0.25, -0.2) is 0 Å². The first-order valence-corrected chi connectivity index (χ1v) is 4.03. The topological polar surface area (TPSA) is 51.2 Å². The third-order valence-electron chi connectivity index (χ3n) is 1.20. The van der Waals surface area contributed by atoms with Gasteiger partial charge in [0, 0.05) is 12.8 Å². The predicted octanol–water partition coefficient (Wildman–Crippen LogP) is 1.54. The summed E-state index contributed by atoms with van der Waals surface area (Å²) < 4.78 is 0. The van der Waals surface area contributed by atoms with Gasteiger partial charge in [0.1, 0.15) is 17.9 Å². The van der Waals surface area contributed by atoms with E-state index in [9.17, 15) is 14.4 Å². The van der Waals surface area contributed by atoms with Crippen LogP contribution in [0.3, 0.4) is 0 Å². The summed E-state index contributed by atoms with van der Waals surface area (Å²) in [5, 5.41) is 0. The Morgan fingerprint density at radius 1 is 1.17 bits per heavy atom. The Morgan fingerprint density at radius 3 is 1.67 bits per heavy atom. The number of rotatable bonds is 4. The van der Waals surface area contributed by atoms with Crippen molar-refractivity contribution < 1.29 is 14.4 Å². The SMILES string of the molecule is CCC(=O)CC=O.CCC(C)=O. The molecule has 0 aromatic carbocycles. The summed E-state index contributed by atoms with van der Waals surface area (Å²) in [6.07, 6.45) is 1.85. The highest BCUT2D eigenvalue weighted by Gasteiger charge is 1.91. The lowest BCUT2D eigenvalue weighted by molar-refractivity contribution is -0.122. The first-order chi connectivity index (χ1) is 5.58. The molecule has 0 fully saturated rings. The van der Waals surface area contributed by atoms with Gasteiger partial charge in [-0.1, -0.05) is 13.8 Å². The number of Topliss-reactive ketones (excluding diaryl/α,β-unsaturated/α-hetero) is 2. The minimum Gasteiger partial charge on any atom is -0.303 e. The van der Waals surface area contributed by atoms with E-state index in [0.717, 1.165) is 0 Å². The van der Waals surface area contributed by atoms with Gasteiger partial charge < -0.3 is 9.59 Å². The van der Waals surface area contributed by atoms with Crippen LogP contribution in [0.1, 0.15) is 40.0 Å². The summed E-state index contributed by atoms with van der Waals surface area (Å²) in [6.45, 7) is 5.17. The van der Waals surface area contributed by atoms with Crippen molar-refractivity contribution in [2.75, 3.05) is 0 Å². The molecule has 0 rings (SSSR count). The van der Waals surface area contributed by atoms with E-state index in [2.05, 4.69) is 0 Å². The van der Waals surface area contributed by atoms with E-state index in [-0.39, 0.29) is 18.0 Å². The van der Waals surface area contributed by atoms with Crippen LogP contribution in [0.15, 0.2) is 0 Å². The van der Waals surface area contributed by atoms with Crippen molar-refractivity contribution in [3.8, 4) is 0 Å². The lowest BCUT2D eigenvalue weighted by Crippen LogP contribution is -1.93. The highest BCUT2D eigenvalue weighted by atomic mass is 16.1. The fourth-order valence-corrected chi connectivity index (χ4v) is 0.237. The molecule has 0 aromatic rings. The van der Waals surface area contributed by atoms with Crippen molar-refractivity contribution in [1.29, 1.82) is 0 Å². The first-order valence-electron chi connectivity index (χ1n) is 4.03. The maximum absolute atomic E-state index is 10.2. The van der Waals surface area contributed by atoms with Gasteiger partial charge in [-0.15, -0.1) is 0 Å². The van der Waals surface area contributed by atoms with Gasteiger partial charge in [0.2, 0.25) is 0 Å². The van der Waals surface area contributed by atoms with Crippen molar-refractivity contribution >= 4 is 17.9 Å². The van der Waals surface area contributed by atoms with Gasteiger partial charge in [-0.3, -0.25) is 4.79 Å². The molecule has 0 bridgehead atoms. The quantitative estimate of drug-likeness (QED) is 0.477. The standard InChI is InChI=1S/C5H8O2.C4H8O/c1-2-5(7)3-4-6;1-3-4(2)5/h4H,2-3H2,1H3;3H2,1-2H3. The largest absolute Gasteiger partial charge is 0.303 e. The monoisotopic (exact) mass is 172 g/mol. The summed E-state index contributed by atoms with van der Waals surface area (Å²) in [7, 11) is 0. The Labute approximate surface area is 73.1 Å². The molecular formula is C9H16O3. The highest BCUT2D eigenvalue weighted by molar-refractivity contribution is 5.89. The third kappa shape index (κ3) is 16.0. The van der Waals surface area contributed by atoms with Crippen LogP contribution in [-0.4, -0.2) is 17.9 Å². The number of carbonyl (C=O) groups excluding carboxylic acids is 3. The number of hydrogen-bond acceptors (Lipinski definition) is 3. The normalized spacial score (nSPS) is 7.92.